The fraction of sp³-hybridized carbons (Fsp3) is 0.412. The van der Waals surface area contributed by atoms with Gasteiger partial charge >= 0.3 is 7.60 Å². The molecule has 1 aromatic carbocycles. The topological polar surface area (TPSA) is 44.8 Å². The van der Waals surface area contributed by atoms with Crippen LogP contribution in [0.2, 0.25) is 0 Å². The molecule has 0 radical (unpaired) electrons. The van der Waals surface area contributed by atoms with E-state index in [0.29, 0.717) is 13.2 Å². The molecule has 0 aromatic heterocycles. The second-order valence-corrected chi connectivity index (χ2v) is 8.16. The van der Waals surface area contributed by atoms with Crippen molar-refractivity contribution in [2.24, 2.45) is 5.41 Å². The van der Waals surface area contributed by atoms with Crippen LogP contribution < -0.4 is 4.74 Å². The highest BCUT2D eigenvalue weighted by Gasteiger charge is 2.35. The normalized spacial score (nSPS) is 20.5. The predicted molar refractivity (Wildman–Crippen MR) is 89.1 cm³/mol. The van der Waals surface area contributed by atoms with Gasteiger partial charge in [-0.3, -0.25) is 4.57 Å². The van der Waals surface area contributed by atoms with Crippen LogP contribution >= 0.6 is 7.60 Å². The van der Waals surface area contributed by atoms with E-state index in [0.717, 1.165) is 22.5 Å². The fourth-order valence-corrected chi connectivity index (χ4v) is 4.01. The Hall–Kier alpha value is -1.35. The summed E-state index contributed by atoms with van der Waals surface area (Å²) in [7, 11) is -1.62. The second-order valence-electron chi connectivity index (χ2n) is 6.30. The number of benzene rings is 1. The zero-order valence-electron chi connectivity index (χ0n) is 13.6. The summed E-state index contributed by atoms with van der Waals surface area (Å²) < 4.78 is 28.9. The summed E-state index contributed by atoms with van der Waals surface area (Å²) in [6, 6.07) is 7.51. The van der Waals surface area contributed by atoms with Crippen LogP contribution in [0.1, 0.15) is 26.3 Å². The van der Waals surface area contributed by atoms with E-state index in [1.165, 1.54) is 0 Å². The van der Waals surface area contributed by atoms with Gasteiger partial charge in [0.2, 0.25) is 0 Å². The highest BCUT2D eigenvalue weighted by molar-refractivity contribution is 7.57. The minimum Gasteiger partial charge on any atom is -0.497 e. The molecular formula is C17H23O4P. The molecule has 1 aromatic rings. The summed E-state index contributed by atoms with van der Waals surface area (Å²) in [5.74, 6) is 2.34. The molecule has 1 heterocycles. The van der Waals surface area contributed by atoms with Crippen molar-refractivity contribution < 1.29 is 18.3 Å². The number of ether oxygens (including phenoxy) is 1. The van der Waals surface area contributed by atoms with E-state index < -0.39 is 7.60 Å². The summed E-state index contributed by atoms with van der Waals surface area (Å²) in [5.41, 5.74) is 2.36. The fourth-order valence-electron chi connectivity index (χ4n) is 2.04. The molecule has 5 heteroatoms. The molecule has 1 aliphatic heterocycles. The molecule has 120 valence electrons. The van der Waals surface area contributed by atoms with Crippen LogP contribution in [0.25, 0.3) is 5.57 Å². The van der Waals surface area contributed by atoms with Crippen molar-refractivity contribution in [1.29, 1.82) is 0 Å². The summed E-state index contributed by atoms with van der Waals surface area (Å²) in [4.78, 5) is 0. The first-order valence-electron chi connectivity index (χ1n) is 7.17. The Morgan fingerprint density at radius 1 is 1.27 bits per heavy atom. The molecule has 0 N–H and O–H groups in total. The molecule has 1 saturated heterocycles. The van der Waals surface area contributed by atoms with E-state index in [2.05, 4.69) is 6.58 Å². The molecule has 0 aliphatic carbocycles. The standard InChI is InChI=1S/C17H23O4P/c1-13(2)16(14-6-8-15(19-5)9-7-14)10-22(18)20-11-17(3,4)12-21-22/h6-10H,1,11-12H2,2-5H3/b16-10-. The predicted octanol–water partition coefficient (Wildman–Crippen LogP) is 4.88. The number of methoxy groups -OCH3 is 1. The van der Waals surface area contributed by atoms with Crippen molar-refractivity contribution in [2.45, 2.75) is 20.8 Å². The van der Waals surface area contributed by atoms with Crippen LogP contribution in [-0.4, -0.2) is 20.3 Å². The zero-order chi connectivity index (χ0) is 16.4. The van der Waals surface area contributed by atoms with Crippen molar-refractivity contribution in [3.05, 3.63) is 47.8 Å². The number of rotatable bonds is 4. The molecule has 0 unspecified atom stereocenters. The Morgan fingerprint density at radius 2 is 1.82 bits per heavy atom. The van der Waals surface area contributed by atoms with Crippen molar-refractivity contribution in [1.82, 2.24) is 0 Å². The summed E-state index contributed by atoms with van der Waals surface area (Å²) in [6.45, 7) is 10.7. The van der Waals surface area contributed by atoms with Crippen LogP contribution in [-0.2, 0) is 13.6 Å². The number of allylic oxidation sites excluding steroid dienone is 2. The van der Waals surface area contributed by atoms with Gasteiger partial charge in [-0.1, -0.05) is 38.1 Å². The zero-order valence-corrected chi connectivity index (χ0v) is 14.5. The third kappa shape index (κ3) is 4.10. The van der Waals surface area contributed by atoms with Crippen LogP contribution in [0.15, 0.2) is 42.2 Å². The highest BCUT2D eigenvalue weighted by Crippen LogP contribution is 2.56. The van der Waals surface area contributed by atoms with E-state index in [1.807, 2.05) is 45.0 Å². The lowest BCUT2D eigenvalue weighted by Gasteiger charge is -2.33. The first-order valence-corrected chi connectivity index (χ1v) is 8.78. The molecule has 2 rings (SSSR count). The van der Waals surface area contributed by atoms with Crippen molar-refractivity contribution >= 4 is 13.2 Å². The highest BCUT2D eigenvalue weighted by atomic mass is 31.2. The molecule has 22 heavy (non-hydrogen) atoms. The van der Waals surface area contributed by atoms with Gasteiger partial charge in [0.25, 0.3) is 0 Å². The van der Waals surface area contributed by atoms with E-state index in [9.17, 15) is 4.57 Å². The maximum atomic E-state index is 12.7. The lowest BCUT2D eigenvalue weighted by atomic mass is 9.97. The third-order valence-electron chi connectivity index (χ3n) is 3.42. The lowest BCUT2D eigenvalue weighted by molar-refractivity contribution is 0.0458. The smallest absolute Gasteiger partial charge is 0.354 e. The Bertz CT molecular complexity index is 615. The van der Waals surface area contributed by atoms with E-state index >= 15 is 0 Å². The molecule has 0 spiro atoms. The van der Waals surface area contributed by atoms with E-state index in [-0.39, 0.29) is 5.41 Å². The lowest BCUT2D eigenvalue weighted by Crippen LogP contribution is -2.28. The van der Waals surface area contributed by atoms with Gasteiger partial charge in [-0.25, -0.2) is 0 Å². The Labute approximate surface area is 132 Å². The molecule has 1 aliphatic rings. The first-order chi connectivity index (χ1) is 10.2. The molecule has 0 atom stereocenters. The van der Waals surface area contributed by atoms with Crippen molar-refractivity contribution in [2.75, 3.05) is 20.3 Å². The maximum Gasteiger partial charge on any atom is 0.354 e. The van der Waals surface area contributed by atoms with Gasteiger partial charge < -0.3 is 13.8 Å². The van der Waals surface area contributed by atoms with Gasteiger partial charge in [-0.05, 0) is 30.2 Å². The van der Waals surface area contributed by atoms with E-state index in [4.69, 9.17) is 13.8 Å². The van der Waals surface area contributed by atoms with Gasteiger partial charge in [0.1, 0.15) is 5.75 Å². The van der Waals surface area contributed by atoms with Crippen molar-refractivity contribution in [3.8, 4) is 5.75 Å². The largest absolute Gasteiger partial charge is 0.497 e. The summed E-state index contributed by atoms with van der Waals surface area (Å²) >= 11 is 0. The number of hydrogen-bond donors (Lipinski definition) is 0. The third-order valence-corrected chi connectivity index (χ3v) is 4.97. The average Bonchev–Trinajstić information content (AvgIpc) is 2.49. The molecule has 0 bridgehead atoms. The quantitative estimate of drug-likeness (QED) is 0.585. The Balaban J connectivity index is 2.31. The number of hydrogen-bond acceptors (Lipinski definition) is 4. The molecule has 0 saturated carbocycles. The van der Waals surface area contributed by atoms with Gasteiger partial charge in [0.05, 0.1) is 20.3 Å². The Kier molecular flexibility index (Phi) is 4.96. The van der Waals surface area contributed by atoms with Gasteiger partial charge in [0, 0.05) is 11.2 Å². The molecule has 0 amide bonds. The summed E-state index contributed by atoms with van der Waals surface area (Å²) in [5, 5.41) is 0. The van der Waals surface area contributed by atoms with Crippen molar-refractivity contribution in [3.63, 3.8) is 0 Å². The van der Waals surface area contributed by atoms with Crippen LogP contribution in [0.5, 0.6) is 5.75 Å². The molecular weight excluding hydrogens is 299 g/mol. The average molecular weight is 322 g/mol. The van der Waals surface area contributed by atoms with Crippen LogP contribution in [0.3, 0.4) is 0 Å². The maximum absolute atomic E-state index is 12.7. The first kappa shape index (κ1) is 17.0. The summed E-state index contributed by atoms with van der Waals surface area (Å²) in [6.07, 6.45) is 0. The Morgan fingerprint density at radius 3 is 2.27 bits per heavy atom. The minimum atomic E-state index is -3.24. The SMILES string of the molecule is C=C(C)/C(=C/P1(=O)OCC(C)(C)CO1)c1ccc(OC)cc1. The van der Waals surface area contributed by atoms with Gasteiger partial charge in [-0.15, -0.1) is 0 Å². The minimum absolute atomic E-state index is 0.120. The van der Waals surface area contributed by atoms with Gasteiger partial charge in [-0.2, -0.15) is 0 Å². The molecule has 1 fully saturated rings. The molecule has 4 nitrogen and oxygen atoms in total. The van der Waals surface area contributed by atoms with Crippen LogP contribution in [0.4, 0.5) is 0 Å². The second kappa shape index (κ2) is 6.41. The monoisotopic (exact) mass is 322 g/mol. The van der Waals surface area contributed by atoms with E-state index in [1.54, 1.807) is 12.9 Å². The van der Waals surface area contributed by atoms with Gasteiger partial charge in [0.15, 0.2) is 0 Å². The van der Waals surface area contributed by atoms with Crippen LogP contribution in [0, 0.1) is 5.41 Å².